The summed E-state index contributed by atoms with van der Waals surface area (Å²) in [6, 6.07) is 21.5. The van der Waals surface area contributed by atoms with Crippen LogP contribution in [-0.4, -0.2) is 9.13 Å². The van der Waals surface area contributed by atoms with Crippen molar-refractivity contribution in [3.8, 4) is 11.4 Å². The average molecular weight is 286 g/mol. The fraction of sp³-hybridized carbons (Fsp3) is 0. The molecule has 2 aromatic carbocycles. The first kappa shape index (κ1) is 12.7. The van der Waals surface area contributed by atoms with Crippen LogP contribution in [0.2, 0.25) is 0 Å². The molecule has 0 amide bonds. The van der Waals surface area contributed by atoms with Gasteiger partial charge in [0.1, 0.15) is 0 Å². The molecule has 0 spiro atoms. The monoisotopic (exact) mass is 286 g/mol. The maximum atomic E-state index is 12.1. The minimum absolute atomic E-state index is 0.0466. The van der Waals surface area contributed by atoms with Gasteiger partial charge < -0.3 is 9.13 Å². The van der Waals surface area contributed by atoms with Gasteiger partial charge in [-0.25, -0.2) is 0 Å². The summed E-state index contributed by atoms with van der Waals surface area (Å²) in [6.45, 7) is 0. The highest BCUT2D eigenvalue weighted by molar-refractivity contribution is 5.81. The molecule has 0 atom stereocenters. The van der Waals surface area contributed by atoms with E-state index >= 15 is 0 Å². The van der Waals surface area contributed by atoms with Crippen molar-refractivity contribution in [1.29, 1.82) is 0 Å². The smallest absolute Gasteiger partial charge is 0.189 e. The van der Waals surface area contributed by atoms with Gasteiger partial charge in [-0.15, -0.1) is 0 Å². The molecule has 0 unspecified atom stereocenters. The molecule has 0 saturated heterocycles. The van der Waals surface area contributed by atoms with E-state index in [0.717, 1.165) is 22.3 Å². The van der Waals surface area contributed by atoms with Crippen molar-refractivity contribution in [1.82, 2.24) is 9.13 Å². The Morgan fingerprint density at radius 3 is 2.14 bits per heavy atom. The van der Waals surface area contributed by atoms with Gasteiger partial charge in [0, 0.05) is 30.0 Å². The topological polar surface area (TPSA) is 26.9 Å². The number of hydrogen-bond donors (Lipinski definition) is 0. The Bertz CT molecular complexity index is 997. The molecule has 0 aliphatic heterocycles. The van der Waals surface area contributed by atoms with Gasteiger partial charge in [0.2, 0.25) is 0 Å². The molecule has 0 aliphatic rings. The van der Waals surface area contributed by atoms with E-state index in [2.05, 4.69) is 21.3 Å². The lowest BCUT2D eigenvalue weighted by Gasteiger charge is -2.15. The Hall–Kier alpha value is -3.07. The largest absolute Gasteiger partial charge is 0.322 e. The third kappa shape index (κ3) is 1.95. The molecular weight excluding hydrogens is 272 g/mol. The molecule has 3 heteroatoms. The van der Waals surface area contributed by atoms with Crippen LogP contribution in [-0.2, 0) is 0 Å². The lowest BCUT2D eigenvalue weighted by atomic mass is 10.2. The van der Waals surface area contributed by atoms with Crippen molar-refractivity contribution in [2.75, 3.05) is 0 Å². The Kier molecular flexibility index (Phi) is 2.90. The minimum Gasteiger partial charge on any atom is -0.322 e. The zero-order valence-corrected chi connectivity index (χ0v) is 11.9. The highest BCUT2D eigenvalue weighted by Gasteiger charge is 2.08. The van der Waals surface area contributed by atoms with Gasteiger partial charge in [-0.05, 0) is 36.4 Å². The fourth-order valence-corrected chi connectivity index (χ4v) is 2.80. The predicted octanol–water partition coefficient (Wildman–Crippen LogP) is 3.78. The van der Waals surface area contributed by atoms with Gasteiger partial charge in [0.05, 0.1) is 16.9 Å². The molecule has 0 aliphatic carbocycles. The molecule has 0 N–H and O–H groups in total. The van der Waals surface area contributed by atoms with Gasteiger partial charge in [-0.1, -0.05) is 24.3 Å². The zero-order valence-electron chi connectivity index (χ0n) is 11.9. The summed E-state index contributed by atoms with van der Waals surface area (Å²) in [7, 11) is 0. The summed E-state index contributed by atoms with van der Waals surface area (Å²) in [6.07, 6.45) is 5.88. The van der Waals surface area contributed by atoms with E-state index in [1.165, 1.54) is 0 Å². The van der Waals surface area contributed by atoms with Gasteiger partial charge in [-0.3, -0.25) is 4.79 Å². The normalized spacial score (nSPS) is 10.9. The van der Waals surface area contributed by atoms with E-state index in [1.807, 2.05) is 67.1 Å². The number of benzene rings is 2. The van der Waals surface area contributed by atoms with Crippen molar-refractivity contribution in [3.05, 3.63) is 95.5 Å². The van der Waals surface area contributed by atoms with Crippen LogP contribution in [0.5, 0.6) is 0 Å². The van der Waals surface area contributed by atoms with Gasteiger partial charge in [0.25, 0.3) is 0 Å². The first-order chi connectivity index (χ1) is 10.8. The van der Waals surface area contributed by atoms with Gasteiger partial charge >= 0.3 is 0 Å². The van der Waals surface area contributed by atoms with E-state index in [0.29, 0.717) is 0 Å². The molecule has 0 saturated carbocycles. The van der Waals surface area contributed by atoms with Crippen LogP contribution in [0.4, 0.5) is 0 Å². The molecule has 4 aromatic rings. The Morgan fingerprint density at radius 1 is 0.636 bits per heavy atom. The molecule has 3 nitrogen and oxygen atoms in total. The third-order valence-electron chi connectivity index (χ3n) is 3.83. The number of para-hydroxylation sites is 3. The van der Waals surface area contributed by atoms with Crippen LogP contribution in [0, 0.1) is 0 Å². The fourth-order valence-electron chi connectivity index (χ4n) is 2.80. The maximum absolute atomic E-state index is 12.1. The van der Waals surface area contributed by atoms with Crippen LogP contribution in [0.25, 0.3) is 22.3 Å². The first-order valence-electron chi connectivity index (χ1n) is 7.18. The second-order valence-corrected chi connectivity index (χ2v) is 5.15. The summed E-state index contributed by atoms with van der Waals surface area (Å²) >= 11 is 0. The van der Waals surface area contributed by atoms with Crippen molar-refractivity contribution in [3.63, 3.8) is 0 Å². The number of nitrogens with zero attached hydrogens (tertiary/aromatic N) is 2. The molecule has 0 bridgehead atoms. The summed E-state index contributed by atoms with van der Waals surface area (Å²) in [4.78, 5) is 12.1. The first-order valence-corrected chi connectivity index (χ1v) is 7.18. The molecule has 2 heterocycles. The lowest BCUT2D eigenvalue weighted by molar-refractivity contribution is 1.01. The molecule has 4 rings (SSSR count). The maximum Gasteiger partial charge on any atom is 0.189 e. The third-order valence-corrected chi connectivity index (χ3v) is 3.83. The molecule has 0 fully saturated rings. The number of pyridine rings is 1. The second-order valence-electron chi connectivity index (χ2n) is 5.15. The van der Waals surface area contributed by atoms with Crippen molar-refractivity contribution >= 4 is 10.9 Å². The Morgan fingerprint density at radius 2 is 1.32 bits per heavy atom. The molecule has 22 heavy (non-hydrogen) atoms. The highest BCUT2D eigenvalue weighted by Crippen LogP contribution is 2.22. The van der Waals surface area contributed by atoms with Crippen LogP contribution in [0.3, 0.4) is 0 Å². The van der Waals surface area contributed by atoms with Gasteiger partial charge in [-0.2, -0.15) is 0 Å². The predicted molar refractivity (Wildman–Crippen MR) is 88.9 cm³/mol. The standard InChI is InChI=1S/C19H14N2O/c22-19-11-14-21(16-8-2-1-7-15(16)19)18-10-4-3-9-17(18)20-12-5-6-13-20/h1-14H. The number of hydrogen-bond acceptors (Lipinski definition) is 1. The van der Waals surface area contributed by atoms with Crippen LogP contribution in [0.15, 0.2) is 90.1 Å². The average Bonchev–Trinajstić information content (AvgIpc) is 3.10. The Balaban J connectivity index is 2.06. The molecular formula is C19H14N2O. The summed E-state index contributed by atoms with van der Waals surface area (Å²) in [5.74, 6) is 0. The van der Waals surface area contributed by atoms with Crippen molar-refractivity contribution < 1.29 is 0 Å². The summed E-state index contributed by atoms with van der Waals surface area (Å²) in [5, 5.41) is 0.729. The highest BCUT2D eigenvalue weighted by atomic mass is 16.1. The number of rotatable bonds is 2. The summed E-state index contributed by atoms with van der Waals surface area (Å²) in [5.41, 5.74) is 3.07. The molecule has 2 aromatic heterocycles. The molecule has 106 valence electrons. The summed E-state index contributed by atoms with van der Waals surface area (Å²) < 4.78 is 4.13. The number of aromatic nitrogens is 2. The lowest BCUT2D eigenvalue weighted by Crippen LogP contribution is -2.08. The molecule has 0 radical (unpaired) electrons. The Labute approximate surface area is 127 Å². The van der Waals surface area contributed by atoms with E-state index in [4.69, 9.17) is 0 Å². The minimum atomic E-state index is 0.0466. The van der Waals surface area contributed by atoms with E-state index in [1.54, 1.807) is 6.07 Å². The zero-order chi connectivity index (χ0) is 14.9. The SMILES string of the molecule is O=c1ccn(-c2ccccc2-n2cccc2)c2ccccc12. The quantitative estimate of drug-likeness (QED) is 0.551. The van der Waals surface area contributed by atoms with E-state index < -0.39 is 0 Å². The van der Waals surface area contributed by atoms with E-state index in [-0.39, 0.29) is 5.43 Å². The van der Waals surface area contributed by atoms with Crippen LogP contribution >= 0.6 is 0 Å². The van der Waals surface area contributed by atoms with Crippen molar-refractivity contribution in [2.45, 2.75) is 0 Å². The van der Waals surface area contributed by atoms with Crippen LogP contribution < -0.4 is 5.43 Å². The van der Waals surface area contributed by atoms with Crippen molar-refractivity contribution in [2.24, 2.45) is 0 Å². The number of fused-ring (bicyclic) bond motifs is 1. The van der Waals surface area contributed by atoms with E-state index in [9.17, 15) is 4.79 Å². The second kappa shape index (κ2) is 5.04. The van der Waals surface area contributed by atoms with Crippen LogP contribution in [0.1, 0.15) is 0 Å². The van der Waals surface area contributed by atoms with Gasteiger partial charge in [0.15, 0.2) is 5.43 Å².